The Morgan fingerprint density at radius 3 is 2.61 bits per heavy atom. The summed E-state index contributed by atoms with van der Waals surface area (Å²) in [5.74, 6) is 1.87. The number of aromatic nitrogens is 1. The van der Waals surface area contributed by atoms with Crippen molar-refractivity contribution >= 4 is 21.4 Å². The monoisotopic (exact) mass is 487 g/mol. The van der Waals surface area contributed by atoms with E-state index >= 15 is 0 Å². The Labute approximate surface area is 197 Å². The molecule has 33 heavy (non-hydrogen) atoms. The fraction of sp³-hybridized carbons (Fsp3) is 0.348. The lowest BCUT2D eigenvalue weighted by Crippen LogP contribution is -2.48. The second-order valence-electron chi connectivity index (χ2n) is 7.84. The number of piperazine rings is 1. The molecular weight excluding hydrogens is 462 g/mol. The van der Waals surface area contributed by atoms with Gasteiger partial charge in [-0.05, 0) is 24.3 Å². The van der Waals surface area contributed by atoms with E-state index in [2.05, 4.69) is 4.90 Å². The lowest BCUT2D eigenvalue weighted by Gasteiger charge is -2.33. The second kappa shape index (κ2) is 9.30. The van der Waals surface area contributed by atoms with E-state index in [-0.39, 0.29) is 4.90 Å². The van der Waals surface area contributed by atoms with E-state index < -0.39 is 10.0 Å². The minimum atomic E-state index is -3.58. The van der Waals surface area contributed by atoms with E-state index in [4.69, 9.17) is 19.2 Å². The maximum absolute atomic E-state index is 13.1. The van der Waals surface area contributed by atoms with Crippen molar-refractivity contribution < 1.29 is 22.6 Å². The van der Waals surface area contributed by atoms with Crippen LogP contribution in [0.1, 0.15) is 5.01 Å². The average Bonchev–Trinajstić information content (AvgIpc) is 3.32. The van der Waals surface area contributed by atoms with Crippen LogP contribution in [-0.4, -0.2) is 69.1 Å². The molecule has 0 radical (unpaired) electrons. The molecule has 174 valence electrons. The van der Waals surface area contributed by atoms with Gasteiger partial charge in [0.25, 0.3) is 0 Å². The molecule has 5 rings (SSSR count). The highest BCUT2D eigenvalue weighted by molar-refractivity contribution is 7.89. The molecule has 0 bridgehead atoms. The number of methoxy groups -OCH3 is 1. The first kappa shape index (κ1) is 22.1. The number of thiazole rings is 1. The molecule has 3 heterocycles. The molecule has 2 aliphatic heterocycles. The summed E-state index contributed by atoms with van der Waals surface area (Å²) in [4.78, 5) is 7.25. The number of sulfonamides is 1. The normalized spacial score (nSPS) is 17.1. The first-order chi connectivity index (χ1) is 16.0. The Morgan fingerprint density at radius 2 is 1.82 bits per heavy atom. The summed E-state index contributed by atoms with van der Waals surface area (Å²) in [5, 5.41) is 3.06. The predicted molar refractivity (Wildman–Crippen MR) is 126 cm³/mol. The van der Waals surface area contributed by atoms with Crippen LogP contribution < -0.4 is 14.2 Å². The molecule has 0 N–H and O–H groups in total. The quantitative estimate of drug-likeness (QED) is 0.529. The summed E-state index contributed by atoms with van der Waals surface area (Å²) in [7, 11) is -1.93. The third kappa shape index (κ3) is 4.70. The van der Waals surface area contributed by atoms with Crippen LogP contribution >= 0.6 is 11.3 Å². The van der Waals surface area contributed by atoms with Crippen LogP contribution in [0.25, 0.3) is 11.3 Å². The smallest absolute Gasteiger partial charge is 0.243 e. The van der Waals surface area contributed by atoms with Crippen LogP contribution in [0.4, 0.5) is 0 Å². The third-order valence-electron chi connectivity index (χ3n) is 5.76. The van der Waals surface area contributed by atoms with Crippen LogP contribution in [-0.2, 0) is 16.6 Å². The molecule has 0 aliphatic carbocycles. The van der Waals surface area contributed by atoms with Gasteiger partial charge in [-0.3, -0.25) is 4.90 Å². The zero-order chi connectivity index (χ0) is 22.8. The number of benzene rings is 2. The molecule has 0 saturated carbocycles. The molecule has 3 aromatic rings. The van der Waals surface area contributed by atoms with Gasteiger partial charge in [0, 0.05) is 43.2 Å². The Bertz CT molecular complexity index is 1240. The largest absolute Gasteiger partial charge is 0.497 e. The van der Waals surface area contributed by atoms with E-state index in [0.717, 1.165) is 22.0 Å². The van der Waals surface area contributed by atoms with E-state index in [1.807, 2.05) is 29.6 Å². The summed E-state index contributed by atoms with van der Waals surface area (Å²) in [6, 6.07) is 12.7. The van der Waals surface area contributed by atoms with Crippen molar-refractivity contribution in [2.45, 2.75) is 11.4 Å². The van der Waals surface area contributed by atoms with Crippen molar-refractivity contribution in [2.24, 2.45) is 0 Å². The highest BCUT2D eigenvalue weighted by Crippen LogP contribution is 2.33. The Hall–Kier alpha value is -2.66. The molecule has 0 amide bonds. The zero-order valence-corrected chi connectivity index (χ0v) is 19.9. The SMILES string of the molecule is COc1cccc(-c2csc(CN3CCN(S(=O)(=O)c4ccc5c(c4)OCCO5)CC3)n2)c1. The van der Waals surface area contributed by atoms with Gasteiger partial charge >= 0.3 is 0 Å². The number of fused-ring (bicyclic) bond motifs is 1. The fourth-order valence-corrected chi connectivity index (χ4v) is 6.23. The molecule has 0 atom stereocenters. The van der Waals surface area contributed by atoms with Crippen molar-refractivity contribution in [2.75, 3.05) is 46.5 Å². The Balaban J connectivity index is 1.21. The van der Waals surface area contributed by atoms with E-state index in [0.29, 0.717) is 57.4 Å². The highest BCUT2D eigenvalue weighted by Gasteiger charge is 2.30. The van der Waals surface area contributed by atoms with Gasteiger partial charge in [-0.15, -0.1) is 11.3 Å². The first-order valence-corrected chi connectivity index (χ1v) is 13.1. The average molecular weight is 488 g/mol. The highest BCUT2D eigenvalue weighted by atomic mass is 32.2. The van der Waals surface area contributed by atoms with Gasteiger partial charge in [0.1, 0.15) is 24.0 Å². The van der Waals surface area contributed by atoms with Gasteiger partial charge in [-0.1, -0.05) is 12.1 Å². The van der Waals surface area contributed by atoms with Gasteiger partial charge in [-0.25, -0.2) is 13.4 Å². The summed E-state index contributed by atoms with van der Waals surface area (Å²) < 4.78 is 44.2. The summed E-state index contributed by atoms with van der Waals surface area (Å²) in [6.45, 7) is 3.77. The number of nitrogens with zero attached hydrogens (tertiary/aromatic N) is 3. The van der Waals surface area contributed by atoms with Crippen molar-refractivity contribution in [3.05, 3.63) is 52.9 Å². The van der Waals surface area contributed by atoms with Crippen LogP contribution in [0.2, 0.25) is 0 Å². The Morgan fingerprint density at radius 1 is 1.03 bits per heavy atom. The van der Waals surface area contributed by atoms with E-state index in [9.17, 15) is 8.42 Å². The lowest BCUT2D eigenvalue weighted by molar-refractivity contribution is 0.170. The van der Waals surface area contributed by atoms with Crippen LogP contribution in [0.5, 0.6) is 17.2 Å². The minimum Gasteiger partial charge on any atom is -0.497 e. The summed E-state index contributed by atoms with van der Waals surface area (Å²) in [6.07, 6.45) is 0. The van der Waals surface area contributed by atoms with Crippen LogP contribution in [0.3, 0.4) is 0 Å². The van der Waals surface area contributed by atoms with Crippen molar-refractivity contribution in [3.63, 3.8) is 0 Å². The molecule has 1 aromatic heterocycles. The predicted octanol–water partition coefficient (Wildman–Crippen LogP) is 3.10. The van der Waals surface area contributed by atoms with Crippen LogP contribution in [0, 0.1) is 0 Å². The van der Waals surface area contributed by atoms with E-state index in [1.165, 1.54) is 0 Å². The molecule has 1 saturated heterocycles. The van der Waals surface area contributed by atoms with E-state index in [1.54, 1.807) is 41.0 Å². The molecule has 1 fully saturated rings. The molecule has 0 unspecified atom stereocenters. The fourth-order valence-electron chi connectivity index (χ4n) is 3.95. The topological polar surface area (TPSA) is 81.2 Å². The van der Waals surface area contributed by atoms with Crippen molar-refractivity contribution in [1.82, 2.24) is 14.2 Å². The standard InChI is InChI=1S/C23H25N3O5S2/c1-29-18-4-2-3-17(13-18)20-16-32-23(24-20)15-25-7-9-26(10-8-25)33(27,28)19-5-6-21-22(14-19)31-12-11-30-21/h2-6,13-14,16H,7-12,15H2,1H3. The number of hydrogen-bond donors (Lipinski definition) is 0. The maximum Gasteiger partial charge on any atom is 0.243 e. The lowest BCUT2D eigenvalue weighted by atomic mass is 10.2. The van der Waals surface area contributed by atoms with Crippen molar-refractivity contribution in [3.8, 4) is 28.5 Å². The molecule has 10 heteroatoms. The van der Waals surface area contributed by atoms with Gasteiger partial charge in [0.05, 0.1) is 24.2 Å². The number of ether oxygens (including phenoxy) is 3. The second-order valence-corrected chi connectivity index (χ2v) is 10.7. The molecule has 2 aliphatic rings. The molecular formula is C23H25N3O5S2. The third-order valence-corrected chi connectivity index (χ3v) is 8.49. The van der Waals surface area contributed by atoms with Crippen LogP contribution in [0.15, 0.2) is 52.7 Å². The summed E-state index contributed by atoms with van der Waals surface area (Å²) in [5.41, 5.74) is 1.95. The first-order valence-electron chi connectivity index (χ1n) is 10.7. The van der Waals surface area contributed by atoms with Gasteiger partial charge < -0.3 is 14.2 Å². The number of rotatable bonds is 6. The van der Waals surface area contributed by atoms with Gasteiger partial charge in [-0.2, -0.15) is 4.31 Å². The van der Waals surface area contributed by atoms with Gasteiger partial charge in [0.15, 0.2) is 11.5 Å². The molecule has 0 spiro atoms. The van der Waals surface area contributed by atoms with Crippen molar-refractivity contribution in [1.29, 1.82) is 0 Å². The van der Waals surface area contributed by atoms with Gasteiger partial charge in [0.2, 0.25) is 10.0 Å². The molecule has 8 nitrogen and oxygen atoms in total. The summed E-state index contributed by atoms with van der Waals surface area (Å²) >= 11 is 1.62. The molecule has 2 aromatic carbocycles. The number of hydrogen-bond acceptors (Lipinski definition) is 8. The minimum absolute atomic E-state index is 0.239. The maximum atomic E-state index is 13.1. The Kier molecular flexibility index (Phi) is 6.24. The zero-order valence-electron chi connectivity index (χ0n) is 18.3.